The van der Waals surface area contributed by atoms with Crippen molar-refractivity contribution in [2.24, 2.45) is 5.73 Å². The lowest BCUT2D eigenvalue weighted by Crippen LogP contribution is -2.16. The van der Waals surface area contributed by atoms with Crippen LogP contribution in [0.15, 0.2) is 6.07 Å². The number of carbonyl (C=O) groups excluding carboxylic acids is 1. The van der Waals surface area contributed by atoms with E-state index in [1.807, 2.05) is 0 Å². The Bertz CT molecular complexity index is 348. The molecule has 1 aromatic rings. The molecule has 0 aliphatic carbocycles. The van der Waals surface area contributed by atoms with Gasteiger partial charge in [-0.3, -0.25) is 9.78 Å². The van der Waals surface area contributed by atoms with Gasteiger partial charge in [0.25, 0.3) is 0 Å². The first-order valence-electron chi connectivity index (χ1n) is 3.94. The Morgan fingerprint density at radius 2 is 2.23 bits per heavy atom. The van der Waals surface area contributed by atoms with Gasteiger partial charge in [-0.1, -0.05) is 0 Å². The lowest BCUT2D eigenvalue weighted by atomic mass is 10.1. The second-order valence-corrected chi connectivity index (χ2v) is 2.90. The van der Waals surface area contributed by atoms with Crippen LogP contribution in [0.1, 0.15) is 27.3 Å². The third kappa shape index (κ3) is 1.84. The molecule has 0 atom stereocenters. The van der Waals surface area contributed by atoms with Gasteiger partial charge in [0, 0.05) is 22.5 Å². The standard InChI is InChI=1S/C9H12N2O2/c1-5-3-7(9(10)13)8(4-12)6(2)11-5/h3,12H,4H2,1-2H3,(H2,10,13). The van der Waals surface area contributed by atoms with E-state index in [4.69, 9.17) is 10.8 Å². The van der Waals surface area contributed by atoms with Gasteiger partial charge in [0.05, 0.1) is 6.61 Å². The second-order valence-electron chi connectivity index (χ2n) is 2.90. The average Bonchev–Trinajstić information content (AvgIpc) is 2.02. The number of aliphatic hydroxyl groups excluding tert-OH is 1. The van der Waals surface area contributed by atoms with Crippen molar-refractivity contribution in [3.8, 4) is 0 Å². The molecule has 4 heteroatoms. The Kier molecular flexibility index (Phi) is 2.63. The molecule has 1 heterocycles. The lowest BCUT2D eigenvalue weighted by molar-refractivity contribution is 0.0997. The maximum absolute atomic E-state index is 11.0. The fraction of sp³-hybridized carbons (Fsp3) is 0.333. The summed E-state index contributed by atoms with van der Waals surface area (Å²) in [4.78, 5) is 15.1. The zero-order chi connectivity index (χ0) is 10.0. The van der Waals surface area contributed by atoms with Crippen LogP contribution >= 0.6 is 0 Å². The highest BCUT2D eigenvalue weighted by molar-refractivity contribution is 5.94. The predicted molar refractivity (Wildman–Crippen MR) is 48.2 cm³/mol. The molecule has 70 valence electrons. The van der Waals surface area contributed by atoms with Gasteiger partial charge < -0.3 is 10.8 Å². The first kappa shape index (κ1) is 9.67. The number of aromatic nitrogens is 1. The number of aryl methyl sites for hydroxylation is 2. The largest absolute Gasteiger partial charge is 0.392 e. The van der Waals surface area contributed by atoms with Crippen molar-refractivity contribution in [2.75, 3.05) is 0 Å². The van der Waals surface area contributed by atoms with Crippen molar-refractivity contribution < 1.29 is 9.90 Å². The normalized spacial score (nSPS) is 10.1. The zero-order valence-corrected chi connectivity index (χ0v) is 7.66. The van der Waals surface area contributed by atoms with Gasteiger partial charge in [-0.25, -0.2) is 0 Å². The van der Waals surface area contributed by atoms with E-state index in [-0.39, 0.29) is 6.61 Å². The minimum atomic E-state index is -0.530. The molecule has 0 radical (unpaired) electrons. The van der Waals surface area contributed by atoms with E-state index in [1.54, 1.807) is 19.9 Å². The predicted octanol–water partition coefficient (Wildman–Crippen LogP) is 0.290. The summed E-state index contributed by atoms with van der Waals surface area (Å²) in [6.07, 6.45) is 0. The SMILES string of the molecule is Cc1cc(C(N)=O)c(CO)c(C)n1. The summed E-state index contributed by atoms with van der Waals surface area (Å²) in [5, 5.41) is 8.99. The maximum atomic E-state index is 11.0. The van der Waals surface area contributed by atoms with Gasteiger partial charge in [-0.05, 0) is 19.9 Å². The van der Waals surface area contributed by atoms with E-state index in [1.165, 1.54) is 0 Å². The van der Waals surface area contributed by atoms with Gasteiger partial charge >= 0.3 is 0 Å². The van der Waals surface area contributed by atoms with Crippen molar-refractivity contribution in [1.29, 1.82) is 0 Å². The third-order valence-corrected chi connectivity index (χ3v) is 1.88. The number of hydrogen-bond donors (Lipinski definition) is 2. The Morgan fingerprint density at radius 1 is 1.62 bits per heavy atom. The molecule has 0 spiro atoms. The number of hydrogen-bond acceptors (Lipinski definition) is 3. The van der Waals surface area contributed by atoms with Crippen molar-refractivity contribution in [3.05, 3.63) is 28.6 Å². The Morgan fingerprint density at radius 3 is 2.69 bits per heavy atom. The molecule has 0 aliphatic heterocycles. The van der Waals surface area contributed by atoms with Crippen molar-refractivity contribution in [1.82, 2.24) is 4.98 Å². The zero-order valence-electron chi connectivity index (χ0n) is 7.66. The van der Waals surface area contributed by atoms with Crippen LogP contribution in [0.25, 0.3) is 0 Å². The summed E-state index contributed by atoms with van der Waals surface area (Å²) in [5.41, 5.74) is 7.39. The maximum Gasteiger partial charge on any atom is 0.249 e. The summed E-state index contributed by atoms with van der Waals surface area (Å²) in [5.74, 6) is -0.530. The first-order chi connectivity index (χ1) is 6.06. The van der Waals surface area contributed by atoms with Gasteiger partial charge in [0.2, 0.25) is 5.91 Å². The van der Waals surface area contributed by atoms with Crippen molar-refractivity contribution in [3.63, 3.8) is 0 Å². The number of carbonyl (C=O) groups is 1. The van der Waals surface area contributed by atoms with Crippen molar-refractivity contribution >= 4 is 5.91 Å². The van der Waals surface area contributed by atoms with Gasteiger partial charge in [-0.2, -0.15) is 0 Å². The number of aliphatic hydroxyl groups is 1. The molecule has 0 saturated carbocycles. The van der Waals surface area contributed by atoms with Gasteiger partial charge in [0.15, 0.2) is 0 Å². The molecule has 3 N–H and O–H groups in total. The monoisotopic (exact) mass is 180 g/mol. The molecular formula is C9H12N2O2. The minimum Gasteiger partial charge on any atom is -0.392 e. The quantitative estimate of drug-likeness (QED) is 0.686. The van der Waals surface area contributed by atoms with Crippen LogP contribution in [0.4, 0.5) is 0 Å². The first-order valence-corrected chi connectivity index (χ1v) is 3.94. The molecule has 0 unspecified atom stereocenters. The highest BCUT2D eigenvalue weighted by Gasteiger charge is 2.11. The molecule has 0 fully saturated rings. The summed E-state index contributed by atoms with van der Waals surface area (Å²) in [7, 11) is 0. The molecule has 0 aliphatic rings. The third-order valence-electron chi connectivity index (χ3n) is 1.88. The topological polar surface area (TPSA) is 76.2 Å². The molecule has 1 amide bonds. The molecule has 1 aromatic heterocycles. The number of nitrogens with zero attached hydrogens (tertiary/aromatic N) is 1. The van der Waals surface area contributed by atoms with Crippen LogP contribution in [0.5, 0.6) is 0 Å². The van der Waals surface area contributed by atoms with Crippen LogP contribution in [0.2, 0.25) is 0 Å². The fourth-order valence-electron chi connectivity index (χ4n) is 1.27. The molecule has 0 bridgehead atoms. The van der Waals surface area contributed by atoms with E-state index < -0.39 is 5.91 Å². The highest BCUT2D eigenvalue weighted by Crippen LogP contribution is 2.13. The fourth-order valence-corrected chi connectivity index (χ4v) is 1.27. The summed E-state index contributed by atoms with van der Waals surface area (Å²) in [6, 6.07) is 1.58. The van der Waals surface area contributed by atoms with Gasteiger partial charge in [-0.15, -0.1) is 0 Å². The summed E-state index contributed by atoms with van der Waals surface area (Å²) >= 11 is 0. The molecule has 0 saturated heterocycles. The van der Waals surface area contributed by atoms with Crippen LogP contribution in [-0.4, -0.2) is 16.0 Å². The number of primary amides is 1. The highest BCUT2D eigenvalue weighted by atomic mass is 16.3. The lowest BCUT2D eigenvalue weighted by Gasteiger charge is -2.07. The van der Waals surface area contributed by atoms with Gasteiger partial charge in [0.1, 0.15) is 0 Å². The van der Waals surface area contributed by atoms with Crippen LogP contribution in [-0.2, 0) is 6.61 Å². The van der Waals surface area contributed by atoms with E-state index in [0.717, 1.165) is 5.69 Å². The smallest absolute Gasteiger partial charge is 0.249 e. The average molecular weight is 180 g/mol. The molecular weight excluding hydrogens is 168 g/mol. The summed E-state index contributed by atoms with van der Waals surface area (Å²) < 4.78 is 0. The Labute approximate surface area is 76.4 Å². The van der Waals surface area contributed by atoms with Crippen LogP contribution in [0, 0.1) is 13.8 Å². The van der Waals surface area contributed by atoms with E-state index in [9.17, 15) is 4.79 Å². The molecule has 13 heavy (non-hydrogen) atoms. The Hall–Kier alpha value is -1.42. The van der Waals surface area contributed by atoms with E-state index >= 15 is 0 Å². The molecule has 0 aromatic carbocycles. The minimum absolute atomic E-state index is 0.211. The van der Waals surface area contributed by atoms with Crippen LogP contribution in [0.3, 0.4) is 0 Å². The van der Waals surface area contributed by atoms with E-state index in [2.05, 4.69) is 4.98 Å². The molecule has 4 nitrogen and oxygen atoms in total. The van der Waals surface area contributed by atoms with Crippen molar-refractivity contribution in [2.45, 2.75) is 20.5 Å². The van der Waals surface area contributed by atoms with Crippen LogP contribution < -0.4 is 5.73 Å². The summed E-state index contributed by atoms with van der Waals surface area (Å²) in [6.45, 7) is 3.31. The van der Waals surface area contributed by atoms with E-state index in [0.29, 0.717) is 16.8 Å². The number of nitrogens with two attached hydrogens (primary N) is 1. The number of rotatable bonds is 2. The second kappa shape index (κ2) is 3.53. The molecule has 1 rings (SSSR count). The number of pyridine rings is 1. The number of amides is 1. The Balaban J connectivity index is 3.38.